The summed E-state index contributed by atoms with van der Waals surface area (Å²) in [6.07, 6.45) is 0. The maximum Gasteiger partial charge on any atom is 0.339 e. The molecule has 0 saturated heterocycles. The van der Waals surface area contributed by atoms with Crippen LogP contribution >= 0.6 is 15.9 Å². The topological polar surface area (TPSA) is 52.3 Å². The molecule has 2 N–H and O–H groups in total. The summed E-state index contributed by atoms with van der Waals surface area (Å²) < 4.78 is 5.44. The number of para-hydroxylation sites is 1. The van der Waals surface area contributed by atoms with Gasteiger partial charge in [-0.15, -0.1) is 0 Å². The zero-order chi connectivity index (χ0) is 13.1. The van der Waals surface area contributed by atoms with Crippen LogP contribution in [0.5, 0.6) is 0 Å². The average Bonchev–Trinajstić information content (AvgIpc) is 2.39. The molecule has 0 aliphatic heterocycles. The number of anilines is 1. The molecule has 4 heteroatoms. The van der Waals surface area contributed by atoms with Crippen molar-refractivity contribution in [3.05, 3.63) is 52.5 Å². The minimum atomic E-state index is -0.377. The van der Waals surface area contributed by atoms with Gasteiger partial charge < -0.3 is 10.5 Å². The average molecular weight is 306 g/mol. The highest BCUT2D eigenvalue weighted by atomic mass is 79.9. The second kappa shape index (κ2) is 5.23. The first-order valence-corrected chi connectivity index (χ1v) is 6.15. The molecule has 0 bridgehead atoms. The van der Waals surface area contributed by atoms with Crippen molar-refractivity contribution < 1.29 is 9.53 Å². The highest BCUT2D eigenvalue weighted by Crippen LogP contribution is 2.29. The molecule has 0 aromatic heterocycles. The molecule has 2 aromatic carbocycles. The lowest BCUT2D eigenvalue weighted by Crippen LogP contribution is -2.02. The monoisotopic (exact) mass is 305 g/mol. The maximum absolute atomic E-state index is 11.6. The minimum Gasteiger partial charge on any atom is -0.465 e. The van der Waals surface area contributed by atoms with Crippen LogP contribution in [0.1, 0.15) is 10.4 Å². The largest absolute Gasteiger partial charge is 0.465 e. The SMILES string of the molecule is COC(=O)c1cc(-c2ccccc2N)ccc1Br. The van der Waals surface area contributed by atoms with Crippen molar-refractivity contribution >= 4 is 27.6 Å². The smallest absolute Gasteiger partial charge is 0.339 e. The van der Waals surface area contributed by atoms with Crippen molar-refractivity contribution in [3.63, 3.8) is 0 Å². The van der Waals surface area contributed by atoms with Crippen LogP contribution in [-0.2, 0) is 4.74 Å². The fourth-order valence-electron chi connectivity index (χ4n) is 1.72. The van der Waals surface area contributed by atoms with E-state index in [1.54, 1.807) is 6.07 Å². The molecule has 0 aliphatic rings. The van der Waals surface area contributed by atoms with Gasteiger partial charge in [0.1, 0.15) is 0 Å². The Morgan fingerprint density at radius 2 is 1.94 bits per heavy atom. The lowest BCUT2D eigenvalue weighted by molar-refractivity contribution is 0.0599. The van der Waals surface area contributed by atoms with Crippen LogP contribution in [0, 0.1) is 0 Å². The number of methoxy groups -OCH3 is 1. The molecule has 18 heavy (non-hydrogen) atoms. The standard InChI is InChI=1S/C14H12BrNO2/c1-18-14(17)11-8-9(6-7-12(11)15)10-4-2-3-5-13(10)16/h2-8H,16H2,1H3. The van der Waals surface area contributed by atoms with Crippen LogP contribution in [-0.4, -0.2) is 13.1 Å². The third-order valence-corrected chi connectivity index (χ3v) is 3.33. The quantitative estimate of drug-likeness (QED) is 0.682. The summed E-state index contributed by atoms with van der Waals surface area (Å²) in [4.78, 5) is 11.6. The summed E-state index contributed by atoms with van der Waals surface area (Å²) in [5.74, 6) is -0.377. The predicted octanol–water partition coefficient (Wildman–Crippen LogP) is 3.48. The number of nitrogens with two attached hydrogens (primary N) is 1. The van der Waals surface area contributed by atoms with Gasteiger partial charge in [-0.1, -0.05) is 24.3 Å². The summed E-state index contributed by atoms with van der Waals surface area (Å²) >= 11 is 3.33. The van der Waals surface area contributed by atoms with Crippen LogP contribution in [0.3, 0.4) is 0 Å². The lowest BCUT2D eigenvalue weighted by atomic mass is 10.0. The van der Waals surface area contributed by atoms with Crippen LogP contribution < -0.4 is 5.73 Å². The Kier molecular flexibility index (Phi) is 3.67. The fourth-order valence-corrected chi connectivity index (χ4v) is 2.13. The summed E-state index contributed by atoms with van der Waals surface area (Å²) in [6.45, 7) is 0. The van der Waals surface area contributed by atoms with E-state index in [-0.39, 0.29) is 5.97 Å². The van der Waals surface area contributed by atoms with Crippen molar-refractivity contribution in [2.75, 3.05) is 12.8 Å². The van der Waals surface area contributed by atoms with Crippen molar-refractivity contribution in [1.82, 2.24) is 0 Å². The number of hydrogen-bond donors (Lipinski definition) is 1. The Balaban J connectivity index is 2.54. The number of ether oxygens (including phenoxy) is 1. The molecule has 0 saturated carbocycles. The Bertz CT molecular complexity index is 596. The van der Waals surface area contributed by atoms with Gasteiger partial charge in [-0.3, -0.25) is 0 Å². The van der Waals surface area contributed by atoms with Gasteiger partial charge in [-0.25, -0.2) is 4.79 Å². The molecule has 0 radical (unpaired) electrons. The highest BCUT2D eigenvalue weighted by molar-refractivity contribution is 9.10. The van der Waals surface area contributed by atoms with Crippen LogP contribution in [0.25, 0.3) is 11.1 Å². The number of carbonyl (C=O) groups excluding carboxylic acids is 1. The van der Waals surface area contributed by atoms with Crippen LogP contribution in [0.2, 0.25) is 0 Å². The number of carbonyl (C=O) groups is 1. The van der Waals surface area contributed by atoms with Gasteiger partial charge in [-0.2, -0.15) is 0 Å². The maximum atomic E-state index is 11.6. The van der Waals surface area contributed by atoms with E-state index in [4.69, 9.17) is 10.5 Å². The van der Waals surface area contributed by atoms with E-state index in [1.165, 1.54) is 7.11 Å². The molecule has 0 spiro atoms. The first-order chi connectivity index (χ1) is 8.63. The van der Waals surface area contributed by atoms with E-state index < -0.39 is 0 Å². The second-order valence-corrected chi connectivity index (χ2v) is 4.63. The Morgan fingerprint density at radius 1 is 1.22 bits per heavy atom. The number of nitrogen functional groups attached to an aromatic ring is 1. The molecule has 0 heterocycles. The molecular weight excluding hydrogens is 294 g/mol. The Hall–Kier alpha value is -1.81. The van der Waals surface area contributed by atoms with E-state index >= 15 is 0 Å². The third-order valence-electron chi connectivity index (χ3n) is 2.64. The van der Waals surface area contributed by atoms with E-state index in [1.807, 2.05) is 36.4 Å². The molecular formula is C14H12BrNO2. The van der Waals surface area contributed by atoms with Gasteiger partial charge in [0.05, 0.1) is 12.7 Å². The molecule has 0 fully saturated rings. The van der Waals surface area contributed by atoms with E-state index in [0.717, 1.165) is 11.1 Å². The van der Waals surface area contributed by atoms with E-state index in [2.05, 4.69) is 15.9 Å². The zero-order valence-electron chi connectivity index (χ0n) is 9.81. The summed E-state index contributed by atoms with van der Waals surface area (Å²) in [7, 11) is 1.36. The summed E-state index contributed by atoms with van der Waals surface area (Å²) in [5.41, 5.74) is 8.87. The second-order valence-electron chi connectivity index (χ2n) is 3.77. The Labute approximate surface area is 114 Å². The van der Waals surface area contributed by atoms with Crippen molar-refractivity contribution in [1.29, 1.82) is 0 Å². The summed E-state index contributed by atoms with van der Waals surface area (Å²) in [6, 6.07) is 13.0. The molecule has 0 atom stereocenters. The van der Waals surface area contributed by atoms with Crippen molar-refractivity contribution in [3.8, 4) is 11.1 Å². The van der Waals surface area contributed by atoms with Crippen LogP contribution in [0.4, 0.5) is 5.69 Å². The van der Waals surface area contributed by atoms with Crippen molar-refractivity contribution in [2.24, 2.45) is 0 Å². The fraction of sp³-hybridized carbons (Fsp3) is 0.0714. The van der Waals surface area contributed by atoms with Gasteiger partial charge in [0.25, 0.3) is 0 Å². The zero-order valence-corrected chi connectivity index (χ0v) is 11.4. The number of hydrogen-bond acceptors (Lipinski definition) is 3. The molecule has 0 amide bonds. The predicted molar refractivity (Wildman–Crippen MR) is 75.3 cm³/mol. The van der Waals surface area contributed by atoms with E-state index in [0.29, 0.717) is 15.7 Å². The normalized spacial score (nSPS) is 10.1. The lowest BCUT2D eigenvalue weighted by Gasteiger charge is -2.08. The van der Waals surface area contributed by atoms with Gasteiger partial charge in [0.2, 0.25) is 0 Å². The number of benzene rings is 2. The van der Waals surface area contributed by atoms with Gasteiger partial charge in [0, 0.05) is 15.7 Å². The van der Waals surface area contributed by atoms with E-state index in [9.17, 15) is 4.79 Å². The molecule has 3 nitrogen and oxygen atoms in total. The number of rotatable bonds is 2. The molecule has 2 aromatic rings. The molecule has 2 rings (SSSR count). The van der Waals surface area contributed by atoms with Gasteiger partial charge in [0.15, 0.2) is 0 Å². The molecule has 92 valence electrons. The first kappa shape index (κ1) is 12.6. The van der Waals surface area contributed by atoms with Crippen LogP contribution in [0.15, 0.2) is 46.9 Å². The third kappa shape index (κ3) is 2.38. The molecule has 0 unspecified atom stereocenters. The first-order valence-electron chi connectivity index (χ1n) is 5.36. The number of esters is 1. The molecule has 0 aliphatic carbocycles. The Morgan fingerprint density at radius 3 is 2.61 bits per heavy atom. The highest BCUT2D eigenvalue weighted by Gasteiger charge is 2.12. The minimum absolute atomic E-state index is 0.377. The van der Waals surface area contributed by atoms with Gasteiger partial charge >= 0.3 is 5.97 Å². The van der Waals surface area contributed by atoms with Gasteiger partial charge in [-0.05, 0) is 39.7 Å². The summed E-state index contributed by atoms with van der Waals surface area (Å²) in [5, 5.41) is 0. The van der Waals surface area contributed by atoms with Crippen molar-refractivity contribution in [2.45, 2.75) is 0 Å². The number of halogens is 1.